The largest absolute Gasteiger partial charge is 0.324 e. The van der Waals surface area contributed by atoms with E-state index >= 15 is 0 Å². The summed E-state index contributed by atoms with van der Waals surface area (Å²) >= 11 is 0. The van der Waals surface area contributed by atoms with Gasteiger partial charge in [0.25, 0.3) is 0 Å². The third-order valence-corrected chi connectivity index (χ3v) is 2.42. The zero-order valence-electron chi connectivity index (χ0n) is 8.94. The molecule has 1 aromatic heterocycles. The van der Waals surface area contributed by atoms with Gasteiger partial charge in [0.05, 0.1) is 6.54 Å². The van der Waals surface area contributed by atoms with Gasteiger partial charge in [-0.3, -0.25) is 4.68 Å². The molecule has 0 aliphatic carbocycles. The summed E-state index contributed by atoms with van der Waals surface area (Å²) in [5, 5.41) is 4.34. The van der Waals surface area contributed by atoms with Gasteiger partial charge in [-0.05, 0) is 12.5 Å². The fourth-order valence-corrected chi connectivity index (χ4v) is 1.53. The Kier molecular flexibility index (Phi) is 2.51. The van der Waals surface area contributed by atoms with Crippen LogP contribution in [-0.2, 0) is 13.6 Å². The van der Waals surface area contributed by atoms with Gasteiger partial charge in [0.2, 0.25) is 0 Å². The Morgan fingerprint density at radius 3 is 2.67 bits per heavy atom. The summed E-state index contributed by atoms with van der Waals surface area (Å²) in [6.07, 6.45) is 0. The second kappa shape index (κ2) is 3.82. The molecule has 0 atom stereocenters. The minimum absolute atomic E-state index is 0.412. The van der Waals surface area contributed by atoms with Gasteiger partial charge in [-0.25, -0.2) is 4.98 Å². The maximum absolute atomic E-state index is 5.56. The Morgan fingerprint density at radius 2 is 2.07 bits per heavy atom. The molecule has 4 heteroatoms. The Labute approximate surface area is 88.8 Å². The van der Waals surface area contributed by atoms with Gasteiger partial charge in [0, 0.05) is 12.6 Å². The first kappa shape index (κ1) is 9.86. The molecule has 1 aromatic carbocycles. The first-order valence-corrected chi connectivity index (χ1v) is 4.88. The first-order valence-electron chi connectivity index (χ1n) is 4.88. The van der Waals surface area contributed by atoms with E-state index in [1.54, 1.807) is 4.68 Å². The van der Waals surface area contributed by atoms with Crippen LogP contribution in [0.25, 0.3) is 11.4 Å². The van der Waals surface area contributed by atoms with Gasteiger partial charge in [-0.15, -0.1) is 0 Å². The van der Waals surface area contributed by atoms with E-state index in [-0.39, 0.29) is 0 Å². The number of rotatable bonds is 2. The SMILES string of the molecule is Cc1ccccc1-c1nc(CN)n(C)n1. The first-order chi connectivity index (χ1) is 7.22. The summed E-state index contributed by atoms with van der Waals surface area (Å²) < 4.78 is 1.72. The topological polar surface area (TPSA) is 56.7 Å². The molecule has 2 rings (SSSR count). The molecule has 15 heavy (non-hydrogen) atoms. The number of nitrogens with two attached hydrogens (primary N) is 1. The molecule has 0 bridgehead atoms. The van der Waals surface area contributed by atoms with Gasteiger partial charge >= 0.3 is 0 Å². The van der Waals surface area contributed by atoms with Crippen molar-refractivity contribution in [1.29, 1.82) is 0 Å². The van der Waals surface area contributed by atoms with E-state index in [1.165, 1.54) is 5.56 Å². The quantitative estimate of drug-likeness (QED) is 0.797. The fraction of sp³-hybridized carbons (Fsp3) is 0.273. The molecule has 0 saturated carbocycles. The molecule has 0 radical (unpaired) electrons. The van der Waals surface area contributed by atoms with Gasteiger partial charge in [-0.1, -0.05) is 24.3 Å². The minimum atomic E-state index is 0.412. The van der Waals surface area contributed by atoms with E-state index in [2.05, 4.69) is 10.1 Å². The molecule has 0 aliphatic heterocycles. The Morgan fingerprint density at radius 1 is 1.33 bits per heavy atom. The molecular formula is C11H14N4. The molecule has 2 N–H and O–H groups in total. The van der Waals surface area contributed by atoms with Gasteiger partial charge in [-0.2, -0.15) is 5.10 Å². The van der Waals surface area contributed by atoms with Gasteiger partial charge in [0.1, 0.15) is 5.82 Å². The van der Waals surface area contributed by atoms with Crippen molar-refractivity contribution in [3.8, 4) is 11.4 Å². The monoisotopic (exact) mass is 202 g/mol. The maximum atomic E-state index is 5.56. The molecule has 0 fully saturated rings. The van der Waals surface area contributed by atoms with Crippen molar-refractivity contribution in [1.82, 2.24) is 14.8 Å². The lowest BCUT2D eigenvalue weighted by molar-refractivity contribution is 0.703. The lowest BCUT2D eigenvalue weighted by Crippen LogP contribution is -2.05. The van der Waals surface area contributed by atoms with Gasteiger partial charge < -0.3 is 5.73 Å². The predicted octanol–water partition coefficient (Wildman–Crippen LogP) is 1.25. The lowest BCUT2D eigenvalue weighted by atomic mass is 10.1. The van der Waals surface area contributed by atoms with Crippen LogP contribution < -0.4 is 5.73 Å². The standard InChI is InChI=1S/C11H14N4/c1-8-5-3-4-6-9(8)11-13-10(7-12)15(2)14-11/h3-6H,7,12H2,1-2H3. The highest BCUT2D eigenvalue weighted by molar-refractivity contribution is 5.59. The molecule has 78 valence electrons. The highest BCUT2D eigenvalue weighted by Crippen LogP contribution is 2.19. The molecule has 4 nitrogen and oxygen atoms in total. The van der Waals surface area contributed by atoms with Crippen molar-refractivity contribution in [2.45, 2.75) is 13.5 Å². The van der Waals surface area contributed by atoms with E-state index in [0.29, 0.717) is 6.54 Å². The second-order valence-corrected chi connectivity index (χ2v) is 3.49. The van der Waals surface area contributed by atoms with E-state index in [9.17, 15) is 0 Å². The van der Waals surface area contributed by atoms with Crippen molar-refractivity contribution in [2.24, 2.45) is 12.8 Å². The molecule has 1 heterocycles. The van der Waals surface area contributed by atoms with E-state index in [1.807, 2.05) is 38.2 Å². The number of hydrogen-bond donors (Lipinski definition) is 1. The van der Waals surface area contributed by atoms with Crippen LogP contribution in [0.5, 0.6) is 0 Å². The van der Waals surface area contributed by atoms with Crippen LogP contribution in [-0.4, -0.2) is 14.8 Å². The molecular weight excluding hydrogens is 188 g/mol. The van der Waals surface area contributed by atoms with Crippen LogP contribution in [0.1, 0.15) is 11.4 Å². The zero-order chi connectivity index (χ0) is 10.8. The summed E-state index contributed by atoms with van der Waals surface area (Å²) in [6, 6.07) is 8.06. The third-order valence-electron chi connectivity index (χ3n) is 2.42. The summed E-state index contributed by atoms with van der Waals surface area (Å²) in [6.45, 7) is 2.46. The number of nitrogens with zero attached hydrogens (tertiary/aromatic N) is 3. The Bertz CT molecular complexity index is 473. The average Bonchev–Trinajstić information content (AvgIpc) is 2.60. The van der Waals surface area contributed by atoms with Crippen molar-refractivity contribution in [3.63, 3.8) is 0 Å². The zero-order valence-corrected chi connectivity index (χ0v) is 8.94. The summed E-state index contributed by atoms with van der Waals surface area (Å²) in [7, 11) is 1.86. The third kappa shape index (κ3) is 1.76. The average molecular weight is 202 g/mol. The molecule has 0 unspecified atom stereocenters. The van der Waals surface area contributed by atoms with Crippen LogP contribution in [0.4, 0.5) is 0 Å². The van der Waals surface area contributed by atoms with E-state index in [0.717, 1.165) is 17.2 Å². The molecule has 0 spiro atoms. The van der Waals surface area contributed by atoms with Crippen LogP contribution in [0.2, 0.25) is 0 Å². The van der Waals surface area contributed by atoms with Crippen LogP contribution in [0.15, 0.2) is 24.3 Å². The number of hydrogen-bond acceptors (Lipinski definition) is 3. The molecule has 0 aliphatic rings. The van der Waals surface area contributed by atoms with Crippen LogP contribution in [0.3, 0.4) is 0 Å². The lowest BCUT2D eigenvalue weighted by Gasteiger charge is -1.98. The Balaban J connectivity index is 2.50. The highest BCUT2D eigenvalue weighted by Gasteiger charge is 2.09. The number of aromatic nitrogens is 3. The van der Waals surface area contributed by atoms with Crippen LogP contribution >= 0.6 is 0 Å². The fourth-order valence-electron chi connectivity index (χ4n) is 1.53. The maximum Gasteiger partial charge on any atom is 0.181 e. The normalized spacial score (nSPS) is 10.6. The van der Waals surface area contributed by atoms with Crippen LogP contribution in [0, 0.1) is 6.92 Å². The smallest absolute Gasteiger partial charge is 0.181 e. The van der Waals surface area contributed by atoms with Crippen molar-refractivity contribution in [2.75, 3.05) is 0 Å². The molecule has 2 aromatic rings. The highest BCUT2D eigenvalue weighted by atomic mass is 15.3. The number of benzene rings is 1. The molecule has 0 saturated heterocycles. The Hall–Kier alpha value is -1.68. The number of aryl methyl sites for hydroxylation is 2. The summed E-state index contributed by atoms with van der Waals surface area (Å²) in [5.74, 6) is 1.55. The van der Waals surface area contributed by atoms with Crippen molar-refractivity contribution < 1.29 is 0 Å². The minimum Gasteiger partial charge on any atom is -0.324 e. The second-order valence-electron chi connectivity index (χ2n) is 3.49. The summed E-state index contributed by atoms with van der Waals surface area (Å²) in [5.41, 5.74) is 7.79. The van der Waals surface area contributed by atoms with E-state index < -0.39 is 0 Å². The predicted molar refractivity (Wildman–Crippen MR) is 59.1 cm³/mol. The molecule has 0 amide bonds. The van der Waals surface area contributed by atoms with Crippen molar-refractivity contribution in [3.05, 3.63) is 35.7 Å². The summed E-state index contributed by atoms with van der Waals surface area (Å²) in [4.78, 5) is 4.39. The van der Waals surface area contributed by atoms with Crippen molar-refractivity contribution >= 4 is 0 Å². The van der Waals surface area contributed by atoms with E-state index in [4.69, 9.17) is 5.73 Å². The van der Waals surface area contributed by atoms with Gasteiger partial charge in [0.15, 0.2) is 5.82 Å².